The van der Waals surface area contributed by atoms with E-state index in [-0.39, 0.29) is 5.91 Å². The normalized spacial score (nSPS) is 10.8. The third-order valence-corrected chi connectivity index (χ3v) is 8.69. The molecule has 0 spiro atoms. The van der Waals surface area contributed by atoms with E-state index in [2.05, 4.69) is 15.6 Å². The molecule has 200 valence electrons. The van der Waals surface area contributed by atoms with Crippen LogP contribution >= 0.6 is 45.6 Å². The van der Waals surface area contributed by atoms with Crippen LogP contribution in [0.15, 0.2) is 53.9 Å². The molecule has 3 aromatic heterocycles. The number of hydrogen-bond acceptors (Lipinski definition) is 11. The molecule has 4 N–H and O–H groups in total. The van der Waals surface area contributed by atoms with E-state index in [4.69, 9.17) is 36.5 Å². The summed E-state index contributed by atoms with van der Waals surface area (Å²) < 4.78 is 16.8. The Morgan fingerprint density at radius 3 is 2.38 bits per heavy atom. The molecule has 39 heavy (non-hydrogen) atoms. The van der Waals surface area contributed by atoms with Gasteiger partial charge in [0.25, 0.3) is 5.91 Å². The number of halogens is 1. The number of hydrogen-bond donors (Lipinski definition) is 3. The lowest BCUT2D eigenvalue weighted by Crippen LogP contribution is -2.09. The smallest absolute Gasteiger partial charge is 0.265 e. The van der Waals surface area contributed by atoms with Crippen LogP contribution in [-0.2, 0) is 0 Å². The number of nitrogens with zero attached hydrogens (tertiary/aromatic N) is 2. The molecule has 13 heteroatoms. The molecule has 2 aromatic carbocycles. The van der Waals surface area contributed by atoms with Gasteiger partial charge in [0.1, 0.15) is 15.7 Å². The summed E-state index contributed by atoms with van der Waals surface area (Å²) in [4.78, 5) is 23.1. The zero-order valence-corrected chi connectivity index (χ0v) is 24.1. The summed E-state index contributed by atoms with van der Waals surface area (Å²) in [7, 11) is 4.67. The summed E-state index contributed by atoms with van der Waals surface area (Å²) in [6.45, 7) is 0. The Balaban J connectivity index is 1.35. The second kappa shape index (κ2) is 11.5. The third-order valence-electron chi connectivity index (χ3n) is 5.48. The number of nitrogen functional groups attached to an aromatic ring is 1. The number of aromatic nitrogens is 2. The SMILES string of the molecule is COc1cc(Nc2nc(N)c(-c3nc(-c4cccc(NC(=O)c5ccc(Cl)s5)c4)cs3)s2)cc(OC)c1OC. The average molecular weight is 600 g/mol. The van der Waals surface area contributed by atoms with Crippen molar-refractivity contribution in [2.45, 2.75) is 0 Å². The van der Waals surface area contributed by atoms with Gasteiger partial charge in [-0.25, -0.2) is 9.97 Å². The van der Waals surface area contributed by atoms with E-state index in [1.165, 1.54) is 34.0 Å². The van der Waals surface area contributed by atoms with Crippen molar-refractivity contribution in [1.29, 1.82) is 0 Å². The molecule has 5 aromatic rings. The summed E-state index contributed by atoms with van der Waals surface area (Å²) in [6.07, 6.45) is 0. The van der Waals surface area contributed by atoms with Crippen molar-refractivity contribution in [3.63, 3.8) is 0 Å². The molecule has 0 saturated heterocycles. The minimum absolute atomic E-state index is 0.215. The molecule has 0 aliphatic heterocycles. The van der Waals surface area contributed by atoms with Gasteiger partial charge in [-0.2, -0.15) is 0 Å². The highest BCUT2D eigenvalue weighted by Gasteiger charge is 2.18. The zero-order chi connectivity index (χ0) is 27.5. The summed E-state index contributed by atoms with van der Waals surface area (Å²) in [5, 5.41) is 9.43. The monoisotopic (exact) mass is 599 g/mol. The number of carbonyl (C=O) groups is 1. The molecule has 0 unspecified atom stereocenters. The lowest BCUT2D eigenvalue weighted by Gasteiger charge is -2.14. The molecule has 0 atom stereocenters. The van der Waals surface area contributed by atoms with Gasteiger partial charge in [0.05, 0.1) is 36.2 Å². The van der Waals surface area contributed by atoms with E-state index < -0.39 is 0 Å². The van der Waals surface area contributed by atoms with Crippen LogP contribution < -0.4 is 30.6 Å². The molecule has 5 rings (SSSR count). The van der Waals surface area contributed by atoms with Gasteiger partial charge in [0, 0.05) is 34.5 Å². The molecule has 0 aliphatic rings. The van der Waals surface area contributed by atoms with Crippen molar-refractivity contribution < 1.29 is 19.0 Å². The number of nitrogens with one attached hydrogen (secondary N) is 2. The Morgan fingerprint density at radius 1 is 0.949 bits per heavy atom. The molecule has 1 amide bonds. The number of carbonyl (C=O) groups excluding carboxylic acids is 1. The first-order valence-corrected chi connectivity index (χ1v) is 14.2. The maximum atomic E-state index is 12.5. The minimum Gasteiger partial charge on any atom is -0.493 e. The highest BCUT2D eigenvalue weighted by atomic mass is 35.5. The summed E-state index contributed by atoms with van der Waals surface area (Å²) in [5.74, 6) is 1.69. The van der Waals surface area contributed by atoms with Crippen molar-refractivity contribution in [2.75, 3.05) is 37.7 Å². The van der Waals surface area contributed by atoms with Gasteiger partial charge in [0.15, 0.2) is 16.6 Å². The average Bonchev–Trinajstić information content (AvgIpc) is 3.68. The van der Waals surface area contributed by atoms with Crippen molar-refractivity contribution >= 4 is 73.8 Å². The van der Waals surface area contributed by atoms with E-state index in [0.29, 0.717) is 48.8 Å². The van der Waals surface area contributed by atoms with Crippen LogP contribution in [0.25, 0.3) is 21.1 Å². The van der Waals surface area contributed by atoms with Crippen LogP contribution in [0.3, 0.4) is 0 Å². The number of benzene rings is 2. The molecule has 0 bridgehead atoms. The van der Waals surface area contributed by atoms with Gasteiger partial charge in [-0.3, -0.25) is 4.79 Å². The van der Waals surface area contributed by atoms with Crippen LogP contribution in [0, 0.1) is 0 Å². The second-order valence-electron chi connectivity index (χ2n) is 7.95. The lowest BCUT2D eigenvalue weighted by molar-refractivity contribution is 0.103. The maximum absolute atomic E-state index is 12.5. The predicted octanol–water partition coefficient (Wildman–Crippen LogP) is 7.25. The van der Waals surface area contributed by atoms with E-state index >= 15 is 0 Å². The standard InChI is InChI=1S/C26H22ClN5O4S3/c1-34-17-10-15(11-18(35-2)21(17)36-3)30-26-32-23(28)22(39-26)25-31-16(12-37-25)13-5-4-6-14(9-13)29-24(33)19-7-8-20(27)38-19/h4-12H,28H2,1-3H3,(H,29,33)(H,30,32). The van der Waals surface area contributed by atoms with Crippen LogP contribution in [-0.4, -0.2) is 37.2 Å². The number of rotatable bonds is 9. The molecule has 0 saturated carbocycles. The first-order chi connectivity index (χ1) is 18.9. The molecule has 0 aliphatic carbocycles. The molecule has 0 fully saturated rings. The van der Waals surface area contributed by atoms with Crippen LogP contribution in [0.2, 0.25) is 4.34 Å². The largest absolute Gasteiger partial charge is 0.493 e. The maximum Gasteiger partial charge on any atom is 0.265 e. The summed E-state index contributed by atoms with van der Waals surface area (Å²) in [6, 6.07) is 14.5. The number of methoxy groups -OCH3 is 3. The van der Waals surface area contributed by atoms with Crippen molar-refractivity contribution in [3.8, 4) is 38.4 Å². The topological polar surface area (TPSA) is 121 Å². The fraction of sp³-hybridized carbons (Fsp3) is 0.115. The lowest BCUT2D eigenvalue weighted by atomic mass is 10.1. The van der Waals surface area contributed by atoms with E-state index in [1.807, 2.05) is 29.6 Å². The molecular formula is C26H22ClN5O4S3. The Labute approximate surface area is 241 Å². The second-order valence-corrected chi connectivity index (χ2v) is 11.5. The Morgan fingerprint density at radius 2 is 1.72 bits per heavy atom. The van der Waals surface area contributed by atoms with Crippen molar-refractivity contribution in [2.24, 2.45) is 0 Å². The van der Waals surface area contributed by atoms with Crippen LogP contribution in [0.1, 0.15) is 9.67 Å². The number of amides is 1. The fourth-order valence-corrected chi connectivity index (χ4v) is 6.48. The van der Waals surface area contributed by atoms with Crippen LogP contribution in [0.5, 0.6) is 17.2 Å². The first kappa shape index (κ1) is 26.8. The predicted molar refractivity (Wildman–Crippen MR) is 160 cm³/mol. The number of anilines is 4. The van der Waals surface area contributed by atoms with Gasteiger partial charge in [-0.1, -0.05) is 35.1 Å². The highest BCUT2D eigenvalue weighted by Crippen LogP contribution is 2.43. The highest BCUT2D eigenvalue weighted by molar-refractivity contribution is 7.23. The van der Waals surface area contributed by atoms with Crippen molar-refractivity contribution in [3.05, 3.63) is 63.1 Å². The van der Waals surface area contributed by atoms with Gasteiger partial charge < -0.3 is 30.6 Å². The third kappa shape index (κ3) is 5.78. The fourth-order valence-electron chi connectivity index (χ4n) is 3.71. The molecule has 3 heterocycles. The first-order valence-electron chi connectivity index (χ1n) is 11.3. The Kier molecular flexibility index (Phi) is 7.89. The van der Waals surface area contributed by atoms with E-state index in [0.717, 1.165) is 21.1 Å². The van der Waals surface area contributed by atoms with E-state index in [9.17, 15) is 4.79 Å². The van der Waals surface area contributed by atoms with Gasteiger partial charge in [-0.15, -0.1) is 22.7 Å². The molecule has 0 radical (unpaired) electrons. The zero-order valence-electron chi connectivity index (χ0n) is 20.9. The number of thiophene rings is 1. The van der Waals surface area contributed by atoms with Crippen LogP contribution in [0.4, 0.5) is 22.3 Å². The van der Waals surface area contributed by atoms with Gasteiger partial charge in [0.2, 0.25) is 5.75 Å². The van der Waals surface area contributed by atoms with Gasteiger partial charge >= 0.3 is 0 Å². The van der Waals surface area contributed by atoms with E-state index in [1.54, 1.807) is 45.6 Å². The summed E-state index contributed by atoms with van der Waals surface area (Å²) >= 11 is 10.0. The minimum atomic E-state index is -0.215. The number of ether oxygens (including phenoxy) is 3. The Bertz CT molecular complexity index is 1620. The molecular weight excluding hydrogens is 578 g/mol. The number of nitrogens with two attached hydrogens (primary N) is 1. The van der Waals surface area contributed by atoms with Crippen molar-refractivity contribution in [1.82, 2.24) is 9.97 Å². The Hall–Kier alpha value is -3.84. The summed E-state index contributed by atoms with van der Waals surface area (Å²) in [5.41, 5.74) is 9.25. The van der Waals surface area contributed by atoms with Gasteiger partial charge in [-0.05, 0) is 24.3 Å². The number of thiazole rings is 2. The molecule has 9 nitrogen and oxygen atoms in total. The quantitative estimate of drug-likeness (QED) is 0.162.